The molecule has 0 bridgehead atoms. The van der Waals surface area contributed by atoms with E-state index < -0.39 is 15.6 Å². The molecule has 1 amide bonds. The van der Waals surface area contributed by atoms with Crippen molar-refractivity contribution < 1.29 is 13.2 Å². The minimum absolute atomic E-state index is 0. The number of nitrogens with two attached hydrogens (primary N) is 1. The van der Waals surface area contributed by atoms with Crippen LogP contribution in [0.15, 0.2) is 23.1 Å². The molecule has 1 rings (SSSR count). The van der Waals surface area contributed by atoms with E-state index in [1.54, 1.807) is 39.8 Å². The highest BCUT2D eigenvalue weighted by atomic mass is 35.5. The molecule has 1 aromatic carbocycles. The lowest BCUT2D eigenvalue weighted by Gasteiger charge is -2.21. The Morgan fingerprint density at radius 3 is 2.33 bits per heavy atom. The topological polar surface area (TPSA) is 101 Å². The van der Waals surface area contributed by atoms with Crippen molar-refractivity contribution in [1.29, 1.82) is 0 Å². The van der Waals surface area contributed by atoms with Crippen molar-refractivity contribution in [1.82, 2.24) is 4.72 Å². The first-order valence-corrected chi connectivity index (χ1v) is 7.68. The summed E-state index contributed by atoms with van der Waals surface area (Å²) in [5, 5.41) is 2.58. The van der Waals surface area contributed by atoms with Crippen molar-refractivity contribution in [2.45, 2.75) is 38.1 Å². The Balaban J connectivity index is 0.00000400. The number of hydrogen-bond donors (Lipinski definition) is 3. The smallest absolute Gasteiger partial charge is 0.241 e. The van der Waals surface area contributed by atoms with Crippen LogP contribution in [0.1, 0.15) is 26.3 Å². The minimum atomic E-state index is -3.65. The van der Waals surface area contributed by atoms with Gasteiger partial charge < -0.3 is 11.1 Å². The van der Waals surface area contributed by atoms with Gasteiger partial charge in [-0.3, -0.25) is 4.79 Å². The standard InChI is InChI=1S/C13H21N3O3S.ClH/c1-9-10(15-12(17)8-14)6-5-7-11(9)20(18,19)16-13(2,3)4;/h5-7,16H,8,14H2,1-4H3,(H,15,17);1H. The van der Waals surface area contributed by atoms with Gasteiger partial charge in [0.2, 0.25) is 15.9 Å². The fourth-order valence-corrected chi connectivity index (χ4v) is 3.39. The molecule has 0 unspecified atom stereocenters. The number of carbonyl (C=O) groups excluding carboxylic acids is 1. The number of amides is 1. The molecule has 1 aromatic rings. The van der Waals surface area contributed by atoms with Crippen LogP contribution >= 0.6 is 12.4 Å². The third-order valence-electron chi connectivity index (χ3n) is 2.47. The van der Waals surface area contributed by atoms with E-state index in [-0.39, 0.29) is 29.8 Å². The molecule has 0 saturated carbocycles. The molecular weight excluding hydrogens is 314 g/mol. The zero-order chi connectivity index (χ0) is 15.6. The van der Waals surface area contributed by atoms with Crippen LogP contribution in [-0.4, -0.2) is 26.4 Å². The lowest BCUT2D eigenvalue weighted by Crippen LogP contribution is -2.40. The number of anilines is 1. The number of sulfonamides is 1. The van der Waals surface area contributed by atoms with Gasteiger partial charge in [-0.05, 0) is 45.4 Å². The van der Waals surface area contributed by atoms with Crippen LogP contribution in [0.4, 0.5) is 5.69 Å². The van der Waals surface area contributed by atoms with Gasteiger partial charge in [-0.15, -0.1) is 12.4 Å². The summed E-state index contributed by atoms with van der Waals surface area (Å²) in [7, 11) is -3.65. The molecule has 0 aliphatic carbocycles. The second kappa shape index (κ2) is 7.22. The number of nitrogens with one attached hydrogen (secondary N) is 2. The predicted octanol–water partition coefficient (Wildman–Crippen LogP) is 1.39. The maximum Gasteiger partial charge on any atom is 0.241 e. The van der Waals surface area contributed by atoms with Crippen LogP contribution in [0, 0.1) is 6.92 Å². The lowest BCUT2D eigenvalue weighted by molar-refractivity contribution is -0.114. The Morgan fingerprint density at radius 2 is 1.86 bits per heavy atom. The van der Waals surface area contributed by atoms with Crippen molar-refractivity contribution in [3.05, 3.63) is 23.8 Å². The minimum Gasteiger partial charge on any atom is -0.325 e. The highest BCUT2D eigenvalue weighted by Gasteiger charge is 2.24. The molecule has 8 heteroatoms. The van der Waals surface area contributed by atoms with Crippen LogP contribution in [0.5, 0.6) is 0 Å². The van der Waals surface area contributed by atoms with Gasteiger partial charge in [0.1, 0.15) is 0 Å². The molecule has 0 saturated heterocycles. The van der Waals surface area contributed by atoms with E-state index in [4.69, 9.17) is 5.73 Å². The summed E-state index contributed by atoms with van der Waals surface area (Å²) in [6, 6.07) is 4.72. The second-order valence-electron chi connectivity index (χ2n) is 5.54. The largest absolute Gasteiger partial charge is 0.325 e. The number of benzene rings is 1. The van der Waals surface area contributed by atoms with E-state index in [9.17, 15) is 13.2 Å². The summed E-state index contributed by atoms with van der Waals surface area (Å²) in [6.07, 6.45) is 0. The van der Waals surface area contributed by atoms with Gasteiger partial charge in [0.15, 0.2) is 0 Å². The summed E-state index contributed by atoms with van der Waals surface area (Å²) < 4.78 is 27.2. The van der Waals surface area contributed by atoms with Crippen LogP contribution < -0.4 is 15.8 Å². The molecule has 0 radical (unpaired) electrons. The van der Waals surface area contributed by atoms with Gasteiger partial charge in [0.05, 0.1) is 11.4 Å². The number of halogens is 1. The van der Waals surface area contributed by atoms with E-state index in [2.05, 4.69) is 10.0 Å². The summed E-state index contributed by atoms with van der Waals surface area (Å²) in [4.78, 5) is 11.5. The molecule has 0 aliphatic heterocycles. The zero-order valence-electron chi connectivity index (χ0n) is 12.6. The highest BCUT2D eigenvalue weighted by molar-refractivity contribution is 7.89. The number of hydrogen-bond acceptors (Lipinski definition) is 4. The third-order valence-corrected chi connectivity index (χ3v) is 4.38. The fourth-order valence-electron chi connectivity index (χ4n) is 1.70. The molecule has 0 fully saturated rings. The maximum atomic E-state index is 12.3. The van der Waals surface area contributed by atoms with E-state index in [1.165, 1.54) is 6.07 Å². The molecule has 4 N–H and O–H groups in total. The first kappa shape index (κ1) is 19.9. The summed E-state index contributed by atoms with van der Waals surface area (Å²) in [5.41, 5.74) is 5.57. The average molecular weight is 336 g/mol. The maximum absolute atomic E-state index is 12.3. The van der Waals surface area contributed by atoms with Crippen molar-refractivity contribution in [3.63, 3.8) is 0 Å². The highest BCUT2D eigenvalue weighted by Crippen LogP contribution is 2.23. The van der Waals surface area contributed by atoms with Crippen molar-refractivity contribution >= 4 is 34.0 Å². The summed E-state index contributed by atoms with van der Waals surface area (Å²) >= 11 is 0. The first-order chi connectivity index (χ1) is 9.07. The predicted molar refractivity (Wildman–Crippen MR) is 86.2 cm³/mol. The number of carbonyl (C=O) groups is 1. The molecule has 120 valence electrons. The Kier molecular flexibility index (Phi) is 6.82. The van der Waals surface area contributed by atoms with Gasteiger partial charge >= 0.3 is 0 Å². The Bertz CT molecular complexity index is 610. The quantitative estimate of drug-likeness (QED) is 0.773. The molecule has 0 spiro atoms. The summed E-state index contributed by atoms with van der Waals surface area (Å²) in [5.74, 6) is -0.369. The van der Waals surface area contributed by atoms with Crippen LogP contribution in [0.25, 0.3) is 0 Å². The van der Waals surface area contributed by atoms with Gasteiger partial charge in [-0.25, -0.2) is 13.1 Å². The molecule has 0 aliphatic rings. The van der Waals surface area contributed by atoms with Gasteiger partial charge in [0, 0.05) is 11.2 Å². The van der Waals surface area contributed by atoms with Crippen LogP contribution in [-0.2, 0) is 14.8 Å². The molecule has 0 aromatic heterocycles. The Morgan fingerprint density at radius 1 is 1.29 bits per heavy atom. The Hall–Kier alpha value is -1.15. The van der Waals surface area contributed by atoms with E-state index in [0.29, 0.717) is 11.3 Å². The molecule has 21 heavy (non-hydrogen) atoms. The van der Waals surface area contributed by atoms with Crippen LogP contribution in [0.2, 0.25) is 0 Å². The van der Waals surface area contributed by atoms with E-state index in [0.717, 1.165) is 0 Å². The van der Waals surface area contributed by atoms with Crippen molar-refractivity contribution in [2.24, 2.45) is 5.73 Å². The lowest BCUT2D eigenvalue weighted by atomic mass is 10.1. The third kappa shape index (κ3) is 5.62. The van der Waals surface area contributed by atoms with Gasteiger partial charge in [-0.1, -0.05) is 6.07 Å². The zero-order valence-corrected chi connectivity index (χ0v) is 14.2. The molecular formula is C13H22ClN3O3S. The van der Waals surface area contributed by atoms with Crippen LogP contribution in [0.3, 0.4) is 0 Å². The molecule has 6 nitrogen and oxygen atoms in total. The second-order valence-corrected chi connectivity index (χ2v) is 7.19. The normalized spacial score (nSPS) is 11.7. The van der Waals surface area contributed by atoms with E-state index >= 15 is 0 Å². The van der Waals surface area contributed by atoms with Crippen molar-refractivity contribution in [2.75, 3.05) is 11.9 Å². The van der Waals surface area contributed by atoms with Crippen molar-refractivity contribution in [3.8, 4) is 0 Å². The van der Waals surface area contributed by atoms with E-state index in [1.807, 2.05) is 0 Å². The first-order valence-electron chi connectivity index (χ1n) is 6.20. The Labute approximate surface area is 132 Å². The van der Waals surface area contributed by atoms with Gasteiger partial charge in [-0.2, -0.15) is 0 Å². The average Bonchev–Trinajstić information content (AvgIpc) is 2.28. The monoisotopic (exact) mass is 335 g/mol. The fraction of sp³-hybridized carbons (Fsp3) is 0.462. The molecule has 0 atom stereocenters. The van der Waals surface area contributed by atoms with Gasteiger partial charge in [0.25, 0.3) is 0 Å². The summed E-state index contributed by atoms with van der Waals surface area (Å²) in [6.45, 7) is 6.78. The molecule has 0 heterocycles. The number of rotatable bonds is 4. The SMILES string of the molecule is Cc1c(NC(=O)CN)cccc1S(=O)(=O)NC(C)(C)C.Cl.